The third-order valence-corrected chi connectivity index (χ3v) is 10.3. The maximum atomic E-state index is 14.2. The summed E-state index contributed by atoms with van der Waals surface area (Å²) in [7, 11) is 3.04. The molecule has 0 aliphatic heterocycles. The summed E-state index contributed by atoms with van der Waals surface area (Å²) in [6.45, 7) is 3.42. The Morgan fingerprint density at radius 2 is 1.61 bits per heavy atom. The first-order chi connectivity index (χ1) is 23.6. The minimum absolute atomic E-state index is 0.0453. The van der Waals surface area contributed by atoms with E-state index in [0.717, 1.165) is 47.1 Å². The number of benzene rings is 3. The molecule has 5 rings (SSSR count). The first kappa shape index (κ1) is 36.1. The van der Waals surface area contributed by atoms with Gasteiger partial charge in [0.25, 0.3) is 0 Å². The van der Waals surface area contributed by atoms with Gasteiger partial charge in [-0.1, -0.05) is 56.5 Å². The van der Waals surface area contributed by atoms with Crippen LogP contribution < -0.4 is 9.47 Å². The van der Waals surface area contributed by atoms with Crippen LogP contribution in [0.15, 0.2) is 54.6 Å². The summed E-state index contributed by atoms with van der Waals surface area (Å²) in [6, 6.07) is 16.5. The second-order valence-electron chi connectivity index (χ2n) is 13.6. The average molecular weight is 675 g/mol. The number of esters is 2. The molecule has 1 fully saturated rings. The fraction of sp³-hybridized carbons (Fsp3) is 0.500. The maximum absolute atomic E-state index is 14.2. The largest absolute Gasteiger partial charge is 0.504 e. The number of carbonyl (C=O) groups excluding carboxylic acids is 2. The van der Waals surface area contributed by atoms with E-state index in [1.165, 1.54) is 21.1 Å². The van der Waals surface area contributed by atoms with E-state index in [-0.39, 0.29) is 47.8 Å². The zero-order valence-corrected chi connectivity index (χ0v) is 29.0. The minimum atomic E-state index is -0.562. The molecule has 3 aromatic rings. The fourth-order valence-corrected chi connectivity index (χ4v) is 7.89. The van der Waals surface area contributed by atoms with Crippen LogP contribution >= 0.6 is 0 Å². The normalized spacial score (nSPS) is 22.4. The van der Waals surface area contributed by atoms with Crippen molar-refractivity contribution < 1.29 is 43.9 Å². The van der Waals surface area contributed by atoms with Crippen LogP contribution in [-0.2, 0) is 38.5 Å². The van der Waals surface area contributed by atoms with Gasteiger partial charge >= 0.3 is 11.9 Å². The molecule has 264 valence electrons. The van der Waals surface area contributed by atoms with E-state index in [1.54, 1.807) is 12.1 Å². The lowest BCUT2D eigenvalue weighted by atomic mass is 9.66. The number of fused-ring (bicyclic) bond motifs is 2. The van der Waals surface area contributed by atoms with Gasteiger partial charge in [0.2, 0.25) is 0 Å². The summed E-state index contributed by atoms with van der Waals surface area (Å²) in [5.41, 5.74) is 4.58. The molecule has 0 unspecified atom stereocenters. The van der Waals surface area contributed by atoms with Gasteiger partial charge < -0.3 is 34.3 Å². The summed E-state index contributed by atoms with van der Waals surface area (Å²) < 4.78 is 23.4. The van der Waals surface area contributed by atoms with Crippen LogP contribution in [0.25, 0.3) is 0 Å². The Morgan fingerprint density at radius 3 is 2.33 bits per heavy atom. The lowest BCUT2D eigenvalue weighted by Crippen LogP contribution is -2.43. The number of hydrogen-bond donors (Lipinski definition) is 3. The number of aliphatic hydroxyl groups excluding tert-OH is 1. The molecular formula is C40H50O9. The number of aliphatic hydroxyl groups is 1. The summed E-state index contributed by atoms with van der Waals surface area (Å²) in [5, 5.41) is 30.8. The van der Waals surface area contributed by atoms with Gasteiger partial charge in [-0.2, -0.15) is 0 Å². The molecule has 1 saturated carbocycles. The van der Waals surface area contributed by atoms with E-state index >= 15 is 0 Å². The van der Waals surface area contributed by atoms with E-state index in [9.17, 15) is 24.9 Å². The highest BCUT2D eigenvalue weighted by Crippen LogP contribution is 2.47. The van der Waals surface area contributed by atoms with Crippen LogP contribution in [0.1, 0.15) is 98.4 Å². The number of carbonyl (C=O) groups is 2. The molecule has 0 aromatic heterocycles. The number of ether oxygens (including phenoxy) is 4. The molecule has 3 aromatic carbocycles. The van der Waals surface area contributed by atoms with Crippen LogP contribution in [0.4, 0.5) is 0 Å². The van der Waals surface area contributed by atoms with Crippen molar-refractivity contribution in [3.8, 4) is 23.0 Å². The van der Waals surface area contributed by atoms with Crippen LogP contribution in [0.2, 0.25) is 0 Å². The number of phenols is 2. The van der Waals surface area contributed by atoms with Gasteiger partial charge in [-0.05, 0) is 96.0 Å². The first-order valence-corrected chi connectivity index (χ1v) is 17.5. The Balaban J connectivity index is 1.52. The molecule has 0 amide bonds. The topological polar surface area (TPSA) is 132 Å². The second kappa shape index (κ2) is 16.4. The Bertz CT molecular complexity index is 1600. The SMILES string of the molecule is CCCCC[C@H](C(=O)O[C@H]1C[C@H](c2ccc(O)c(OC)c2)C[C@H]2Cc3cc(O)c(OC)cc3C[C@H]2[C@H](OC(C)=O)C1)c1cccc(CO)c1. The standard InChI is InChI=1S/C40H50O9/c1-5-6-7-11-33(27-10-8-9-25(14-27)23-41)40(45)49-32-17-28(26-12-13-35(43)38(20-26)46-3)15-31-16-29-19-36(44)39(47-4)21-30(29)18-34(31)37(22-32)48-24(2)42/h8-10,12-14,19-21,28,31-34,37,41,43-44H,5-7,11,15-18,22-23H2,1-4H3/t28-,31+,32+,33+,34-,37-/m1/s1. The quantitative estimate of drug-likeness (QED) is 0.136. The molecule has 0 radical (unpaired) electrons. The molecule has 0 heterocycles. The van der Waals surface area contributed by atoms with Crippen molar-refractivity contribution in [3.05, 3.63) is 82.4 Å². The maximum Gasteiger partial charge on any atom is 0.313 e. The summed E-state index contributed by atoms with van der Waals surface area (Å²) in [6.07, 6.45) is 5.22. The van der Waals surface area contributed by atoms with E-state index in [2.05, 4.69) is 6.92 Å². The Hall–Kier alpha value is -4.24. The van der Waals surface area contributed by atoms with Crippen LogP contribution in [0.5, 0.6) is 23.0 Å². The number of aromatic hydroxyl groups is 2. The molecule has 0 spiro atoms. The molecule has 9 nitrogen and oxygen atoms in total. The number of phenolic OH excluding ortho intramolecular Hbond substituents is 2. The van der Waals surface area contributed by atoms with Crippen molar-refractivity contribution in [2.24, 2.45) is 11.8 Å². The van der Waals surface area contributed by atoms with Crippen molar-refractivity contribution in [3.63, 3.8) is 0 Å². The van der Waals surface area contributed by atoms with Gasteiger partial charge in [-0.3, -0.25) is 9.59 Å². The third kappa shape index (κ3) is 8.68. The van der Waals surface area contributed by atoms with Gasteiger partial charge in [0.05, 0.1) is 26.7 Å². The van der Waals surface area contributed by atoms with Crippen molar-refractivity contribution >= 4 is 11.9 Å². The second-order valence-corrected chi connectivity index (χ2v) is 13.6. The lowest BCUT2D eigenvalue weighted by molar-refractivity contribution is -0.161. The predicted octanol–water partition coefficient (Wildman–Crippen LogP) is 7.11. The van der Waals surface area contributed by atoms with Gasteiger partial charge in [-0.25, -0.2) is 0 Å². The molecule has 3 N–H and O–H groups in total. The zero-order chi connectivity index (χ0) is 35.1. The third-order valence-electron chi connectivity index (χ3n) is 10.3. The van der Waals surface area contributed by atoms with Gasteiger partial charge in [0.15, 0.2) is 23.0 Å². The minimum Gasteiger partial charge on any atom is -0.504 e. The highest BCUT2D eigenvalue weighted by atomic mass is 16.6. The molecule has 0 bridgehead atoms. The summed E-state index contributed by atoms with van der Waals surface area (Å²) >= 11 is 0. The van der Waals surface area contributed by atoms with Crippen LogP contribution in [-0.4, -0.2) is 53.7 Å². The molecular weight excluding hydrogens is 624 g/mol. The summed E-state index contributed by atoms with van der Waals surface area (Å²) in [5.74, 6) is -0.367. The monoisotopic (exact) mass is 674 g/mol. The fourth-order valence-electron chi connectivity index (χ4n) is 7.89. The van der Waals surface area contributed by atoms with E-state index in [4.69, 9.17) is 18.9 Å². The Morgan fingerprint density at radius 1 is 0.857 bits per heavy atom. The van der Waals surface area contributed by atoms with E-state index in [1.807, 2.05) is 42.5 Å². The highest BCUT2D eigenvalue weighted by Gasteiger charge is 2.43. The van der Waals surface area contributed by atoms with Crippen molar-refractivity contribution in [1.29, 1.82) is 0 Å². The van der Waals surface area contributed by atoms with Gasteiger partial charge in [-0.15, -0.1) is 0 Å². The predicted molar refractivity (Wildman–Crippen MR) is 185 cm³/mol. The molecule has 2 aliphatic carbocycles. The molecule has 49 heavy (non-hydrogen) atoms. The molecule has 2 aliphatic rings. The average Bonchev–Trinajstić information content (AvgIpc) is 3.08. The Labute approximate surface area is 289 Å². The van der Waals surface area contributed by atoms with Gasteiger partial charge in [0, 0.05) is 19.3 Å². The highest BCUT2D eigenvalue weighted by molar-refractivity contribution is 5.78. The number of methoxy groups -OCH3 is 2. The van der Waals surface area contributed by atoms with Crippen LogP contribution in [0, 0.1) is 11.8 Å². The zero-order valence-electron chi connectivity index (χ0n) is 29.0. The number of hydrogen-bond acceptors (Lipinski definition) is 9. The molecule has 9 heteroatoms. The summed E-state index contributed by atoms with van der Waals surface area (Å²) in [4.78, 5) is 26.7. The molecule has 6 atom stereocenters. The lowest BCUT2D eigenvalue weighted by Gasteiger charge is -2.43. The number of unbranched alkanes of at least 4 members (excludes halogenated alkanes) is 2. The Kier molecular flexibility index (Phi) is 12.1. The van der Waals surface area contributed by atoms with Gasteiger partial charge in [0.1, 0.15) is 12.2 Å². The molecule has 0 saturated heterocycles. The van der Waals surface area contributed by atoms with Crippen molar-refractivity contribution in [2.75, 3.05) is 14.2 Å². The van der Waals surface area contributed by atoms with Crippen LogP contribution in [0.3, 0.4) is 0 Å². The van der Waals surface area contributed by atoms with E-state index < -0.39 is 18.1 Å². The number of rotatable bonds is 12. The van der Waals surface area contributed by atoms with Crippen molar-refractivity contribution in [1.82, 2.24) is 0 Å². The van der Waals surface area contributed by atoms with Crippen molar-refractivity contribution in [2.45, 2.75) is 102 Å². The van der Waals surface area contributed by atoms with E-state index in [0.29, 0.717) is 50.0 Å². The smallest absolute Gasteiger partial charge is 0.313 e. The first-order valence-electron chi connectivity index (χ1n) is 17.5.